The van der Waals surface area contributed by atoms with E-state index in [0.29, 0.717) is 0 Å². The maximum absolute atomic E-state index is 7.33. The number of fused-ring (bicyclic) bond motifs is 1. The fraction of sp³-hybridized carbons (Fsp3) is 0.0833. The molecule has 0 aliphatic carbocycles. The molecule has 3 nitrogen and oxygen atoms in total. The highest BCUT2D eigenvalue weighted by atomic mass is 32.2. The van der Waals surface area contributed by atoms with Gasteiger partial charge in [-0.2, -0.15) is 0 Å². The molecule has 0 aliphatic heterocycles. The third-order valence-electron chi connectivity index (χ3n) is 2.30. The number of rotatable bonds is 3. The van der Waals surface area contributed by atoms with Gasteiger partial charge in [0.25, 0.3) is 0 Å². The van der Waals surface area contributed by atoms with Crippen LogP contribution in [-0.4, -0.2) is 9.73 Å². The summed E-state index contributed by atoms with van der Waals surface area (Å²) in [4.78, 5) is 1.02. The Morgan fingerprint density at radius 2 is 2.25 bits per heavy atom. The van der Waals surface area contributed by atoms with E-state index < -0.39 is 0 Å². The maximum Gasteiger partial charge on any atom is 0.156 e. The van der Waals surface area contributed by atoms with E-state index in [0.717, 1.165) is 22.3 Å². The van der Waals surface area contributed by atoms with Gasteiger partial charge < -0.3 is 10.3 Å². The summed E-state index contributed by atoms with van der Waals surface area (Å²) in [7, 11) is 0. The summed E-state index contributed by atoms with van der Waals surface area (Å²) in [6, 6.07) is 8.10. The van der Waals surface area contributed by atoms with Gasteiger partial charge in [0.1, 0.15) is 0 Å². The van der Waals surface area contributed by atoms with Crippen LogP contribution >= 0.6 is 11.8 Å². The van der Waals surface area contributed by atoms with Gasteiger partial charge in [-0.3, -0.25) is 5.41 Å². The van der Waals surface area contributed by atoms with Crippen molar-refractivity contribution in [1.29, 1.82) is 5.41 Å². The summed E-state index contributed by atoms with van der Waals surface area (Å²) in [6.45, 7) is 4.50. The number of nitrogens with one attached hydrogen (secondary N) is 1. The number of allylic oxidation sites excluding steroid dienone is 1. The quantitative estimate of drug-likeness (QED) is 0.369. The van der Waals surface area contributed by atoms with Gasteiger partial charge in [-0.15, -0.1) is 6.58 Å². The first kappa shape index (κ1) is 10.8. The van der Waals surface area contributed by atoms with E-state index in [1.54, 1.807) is 0 Å². The third kappa shape index (κ3) is 1.97. The molecule has 0 amide bonds. The van der Waals surface area contributed by atoms with E-state index in [1.165, 1.54) is 11.8 Å². The number of nitrogens with zero attached hydrogens (tertiary/aromatic N) is 1. The van der Waals surface area contributed by atoms with Crippen molar-refractivity contribution in [2.24, 2.45) is 5.73 Å². The van der Waals surface area contributed by atoms with E-state index in [-0.39, 0.29) is 5.17 Å². The number of thioether (sulfide) groups is 1. The third-order valence-corrected chi connectivity index (χ3v) is 3.06. The molecule has 0 saturated carbocycles. The average molecular weight is 231 g/mol. The van der Waals surface area contributed by atoms with Crippen molar-refractivity contribution < 1.29 is 0 Å². The molecular formula is C12H13N3S. The molecule has 0 aliphatic rings. The van der Waals surface area contributed by atoms with Crippen LogP contribution in [0.2, 0.25) is 0 Å². The summed E-state index contributed by atoms with van der Waals surface area (Å²) >= 11 is 1.28. The number of para-hydroxylation sites is 1. The number of nitrogens with two attached hydrogens (primary N) is 1. The van der Waals surface area contributed by atoms with Crippen molar-refractivity contribution in [1.82, 2.24) is 4.57 Å². The molecule has 2 aromatic rings. The van der Waals surface area contributed by atoms with Gasteiger partial charge >= 0.3 is 0 Å². The second-order valence-electron chi connectivity index (χ2n) is 3.42. The van der Waals surface area contributed by atoms with E-state index in [2.05, 4.69) is 17.2 Å². The second kappa shape index (κ2) is 4.45. The van der Waals surface area contributed by atoms with Crippen LogP contribution in [0.3, 0.4) is 0 Å². The van der Waals surface area contributed by atoms with Crippen LogP contribution in [0.25, 0.3) is 10.9 Å². The predicted octanol–water partition coefficient (Wildman–Crippen LogP) is 2.81. The van der Waals surface area contributed by atoms with Gasteiger partial charge in [0.15, 0.2) is 5.17 Å². The molecule has 0 atom stereocenters. The lowest BCUT2D eigenvalue weighted by Gasteiger charge is -1.98. The Balaban J connectivity index is 2.56. The molecule has 1 aromatic heterocycles. The molecule has 82 valence electrons. The molecule has 0 fully saturated rings. The Labute approximate surface area is 98.5 Å². The molecule has 1 heterocycles. The van der Waals surface area contributed by atoms with Crippen molar-refractivity contribution >= 4 is 27.8 Å². The van der Waals surface area contributed by atoms with Crippen LogP contribution in [0.15, 0.2) is 48.0 Å². The SMILES string of the molecule is C=CCn1cc(SC(=N)N)c2ccccc21. The Kier molecular flexibility index (Phi) is 3.01. The lowest BCUT2D eigenvalue weighted by molar-refractivity contribution is 0.858. The van der Waals surface area contributed by atoms with Crippen molar-refractivity contribution in [3.8, 4) is 0 Å². The smallest absolute Gasteiger partial charge is 0.156 e. The van der Waals surface area contributed by atoms with Crippen LogP contribution in [0, 0.1) is 5.41 Å². The summed E-state index contributed by atoms with van der Waals surface area (Å²) in [5.41, 5.74) is 6.56. The van der Waals surface area contributed by atoms with E-state index in [4.69, 9.17) is 11.1 Å². The van der Waals surface area contributed by atoms with Gasteiger partial charge in [-0.25, -0.2) is 0 Å². The van der Waals surface area contributed by atoms with E-state index >= 15 is 0 Å². The van der Waals surface area contributed by atoms with Gasteiger partial charge in [0.05, 0.1) is 0 Å². The van der Waals surface area contributed by atoms with Crippen molar-refractivity contribution in [3.05, 3.63) is 43.1 Å². The molecular weight excluding hydrogens is 218 g/mol. The molecule has 0 bridgehead atoms. The highest BCUT2D eigenvalue weighted by Gasteiger charge is 2.08. The number of hydrogen-bond donors (Lipinski definition) is 2. The summed E-state index contributed by atoms with van der Waals surface area (Å²) in [5.74, 6) is 0. The molecule has 0 radical (unpaired) electrons. The summed E-state index contributed by atoms with van der Waals surface area (Å²) in [6.07, 6.45) is 3.87. The number of benzene rings is 1. The minimum Gasteiger partial charge on any atom is -0.378 e. The average Bonchev–Trinajstić information content (AvgIpc) is 2.58. The zero-order chi connectivity index (χ0) is 11.5. The number of aromatic nitrogens is 1. The molecule has 0 saturated heterocycles. The Morgan fingerprint density at radius 1 is 1.50 bits per heavy atom. The zero-order valence-electron chi connectivity index (χ0n) is 8.81. The molecule has 2 rings (SSSR count). The highest BCUT2D eigenvalue weighted by Crippen LogP contribution is 2.29. The largest absolute Gasteiger partial charge is 0.378 e. The first-order chi connectivity index (χ1) is 7.72. The molecule has 0 spiro atoms. The first-order valence-electron chi connectivity index (χ1n) is 4.93. The molecule has 0 unspecified atom stereocenters. The Bertz CT molecular complexity index is 542. The number of hydrogen-bond acceptors (Lipinski definition) is 2. The van der Waals surface area contributed by atoms with Crippen LogP contribution < -0.4 is 5.73 Å². The Morgan fingerprint density at radius 3 is 2.94 bits per heavy atom. The van der Waals surface area contributed by atoms with Crippen molar-refractivity contribution in [3.63, 3.8) is 0 Å². The van der Waals surface area contributed by atoms with Gasteiger partial charge in [0, 0.05) is 28.5 Å². The summed E-state index contributed by atoms with van der Waals surface area (Å²) in [5, 5.41) is 8.57. The fourth-order valence-corrected chi connectivity index (χ4v) is 2.40. The standard InChI is InChI=1S/C12H13N3S/c1-2-7-15-8-11(16-12(13)14)9-5-3-4-6-10(9)15/h2-6,8H,1,7H2,(H3,13,14). The Hall–Kier alpha value is -1.68. The van der Waals surface area contributed by atoms with Crippen molar-refractivity contribution in [2.75, 3.05) is 0 Å². The van der Waals surface area contributed by atoms with Crippen molar-refractivity contribution in [2.45, 2.75) is 11.4 Å². The van der Waals surface area contributed by atoms with Crippen LogP contribution in [-0.2, 0) is 6.54 Å². The first-order valence-corrected chi connectivity index (χ1v) is 5.74. The second-order valence-corrected chi connectivity index (χ2v) is 4.50. The normalized spacial score (nSPS) is 10.5. The minimum absolute atomic E-state index is 0.113. The lowest BCUT2D eigenvalue weighted by atomic mass is 10.2. The predicted molar refractivity (Wildman–Crippen MR) is 69.9 cm³/mol. The van der Waals surface area contributed by atoms with E-state index in [1.807, 2.05) is 30.5 Å². The maximum atomic E-state index is 7.33. The van der Waals surface area contributed by atoms with Gasteiger partial charge in [-0.1, -0.05) is 36.0 Å². The minimum atomic E-state index is 0.113. The highest BCUT2D eigenvalue weighted by molar-refractivity contribution is 8.13. The summed E-state index contributed by atoms with van der Waals surface area (Å²) < 4.78 is 2.10. The number of amidine groups is 1. The van der Waals surface area contributed by atoms with Gasteiger partial charge in [0.2, 0.25) is 0 Å². The fourth-order valence-electron chi connectivity index (χ4n) is 1.70. The zero-order valence-corrected chi connectivity index (χ0v) is 9.63. The van der Waals surface area contributed by atoms with E-state index in [9.17, 15) is 0 Å². The topological polar surface area (TPSA) is 54.8 Å². The lowest BCUT2D eigenvalue weighted by Crippen LogP contribution is -2.02. The van der Waals surface area contributed by atoms with Crippen LogP contribution in [0.4, 0.5) is 0 Å². The van der Waals surface area contributed by atoms with Crippen LogP contribution in [0.1, 0.15) is 0 Å². The molecule has 4 heteroatoms. The molecule has 16 heavy (non-hydrogen) atoms. The molecule has 3 N–H and O–H groups in total. The monoisotopic (exact) mass is 231 g/mol. The van der Waals surface area contributed by atoms with Crippen LogP contribution in [0.5, 0.6) is 0 Å². The van der Waals surface area contributed by atoms with Gasteiger partial charge in [-0.05, 0) is 6.07 Å². The molecule has 1 aromatic carbocycles.